The molecule has 1 N–H and O–H groups in total. The number of nitrogens with zero attached hydrogens (tertiary/aromatic N) is 3. The molecule has 0 saturated heterocycles. The van der Waals surface area contributed by atoms with Crippen molar-refractivity contribution in [2.24, 2.45) is 0 Å². The van der Waals surface area contributed by atoms with E-state index < -0.39 is 0 Å². The lowest BCUT2D eigenvalue weighted by Crippen LogP contribution is -2.24. The lowest BCUT2D eigenvalue weighted by Gasteiger charge is -2.06. The Morgan fingerprint density at radius 3 is 2.75 bits per heavy atom. The average molecular weight is 268 g/mol. The van der Waals surface area contributed by atoms with Gasteiger partial charge in [-0.1, -0.05) is 0 Å². The van der Waals surface area contributed by atoms with Gasteiger partial charge >= 0.3 is 5.69 Å². The number of benzene rings is 1. The molecule has 0 aliphatic heterocycles. The number of amides is 1. The highest BCUT2D eigenvalue weighted by molar-refractivity contribution is 5.90. The van der Waals surface area contributed by atoms with Crippen LogP contribution in [0.1, 0.15) is 12.0 Å². The van der Waals surface area contributed by atoms with Crippen molar-refractivity contribution in [1.82, 2.24) is 9.55 Å². The van der Waals surface area contributed by atoms with E-state index in [0.29, 0.717) is 11.3 Å². The minimum Gasteiger partial charge on any atom is -0.326 e. The molecule has 0 aliphatic rings. The maximum Gasteiger partial charge on any atom is 0.347 e. The highest BCUT2D eigenvalue weighted by atomic mass is 16.2. The number of hydrogen-bond donors (Lipinski definition) is 1. The molecule has 20 heavy (non-hydrogen) atoms. The second-order valence-electron chi connectivity index (χ2n) is 4.08. The molecule has 0 bridgehead atoms. The van der Waals surface area contributed by atoms with Crippen molar-refractivity contribution in [2.75, 3.05) is 5.32 Å². The third-order valence-electron chi connectivity index (χ3n) is 2.66. The van der Waals surface area contributed by atoms with Gasteiger partial charge < -0.3 is 5.32 Å². The normalized spacial score (nSPS) is 9.75. The second-order valence-corrected chi connectivity index (χ2v) is 4.08. The third kappa shape index (κ3) is 3.53. The molecule has 6 heteroatoms. The predicted octanol–water partition coefficient (Wildman–Crippen LogP) is 1.14. The van der Waals surface area contributed by atoms with Crippen molar-refractivity contribution in [3.8, 4) is 6.07 Å². The van der Waals surface area contributed by atoms with Gasteiger partial charge in [-0.3, -0.25) is 9.36 Å². The molecule has 0 unspecified atom stereocenters. The standard InChI is InChI=1S/C14H12N4O2/c15-10-11-2-4-12(5-3-11)17-13(19)6-9-18-8-1-7-16-14(18)20/h1-5,7-8H,6,9H2,(H,17,19). The first-order chi connectivity index (χ1) is 9.69. The van der Waals surface area contributed by atoms with Crippen LogP contribution in [-0.2, 0) is 11.3 Å². The number of carbonyl (C=O) groups excluding carboxylic acids is 1. The summed E-state index contributed by atoms with van der Waals surface area (Å²) in [4.78, 5) is 26.7. The number of carbonyl (C=O) groups is 1. The Morgan fingerprint density at radius 2 is 2.10 bits per heavy atom. The summed E-state index contributed by atoms with van der Waals surface area (Å²) in [5.74, 6) is -0.203. The van der Waals surface area contributed by atoms with E-state index in [0.717, 1.165) is 0 Å². The van der Waals surface area contributed by atoms with E-state index >= 15 is 0 Å². The molecule has 1 amide bonds. The molecule has 2 rings (SSSR count). The Morgan fingerprint density at radius 1 is 1.35 bits per heavy atom. The molecule has 0 saturated carbocycles. The van der Waals surface area contributed by atoms with Gasteiger partial charge in [0.05, 0.1) is 11.6 Å². The first-order valence-electron chi connectivity index (χ1n) is 6.00. The summed E-state index contributed by atoms with van der Waals surface area (Å²) in [7, 11) is 0. The topological polar surface area (TPSA) is 87.8 Å². The van der Waals surface area contributed by atoms with Crippen molar-refractivity contribution in [3.63, 3.8) is 0 Å². The quantitative estimate of drug-likeness (QED) is 0.900. The minimum atomic E-state index is -0.376. The predicted molar refractivity (Wildman–Crippen MR) is 72.9 cm³/mol. The summed E-state index contributed by atoms with van der Waals surface area (Å²) in [5, 5.41) is 11.4. The first kappa shape index (κ1) is 13.5. The summed E-state index contributed by atoms with van der Waals surface area (Å²) in [6.07, 6.45) is 3.17. The average Bonchev–Trinajstić information content (AvgIpc) is 2.47. The molecular weight excluding hydrogens is 256 g/mol. The fraction of sp³-hybridized carbons (Fsp3) is 0.143. The van der Waals surface area contributed by atoms with E-state index in [2.05, 4.69) is 10.3 Å². The Bertz CT molecular complexity index is 698. The van der Waals surface area contributed by atoms with Crippen molar-refractivity contribution in [3.05, 3.63) is 58.8 Å². The molecular formula is C14H12N4O2. The summed E-state index contributed by atoms with van der Waals surface area (Å²) in [5.41, 5.74) is 0.774. The minimum absolute atomic E-state index is 0.172. The Balaban J connectivity index is 1.91. The number of aryl methyl sites for hydroxylation is 1. The van der Waals surface area contributed by atoms with Gasteiger partial charge in [0.1, 0.15) is 0 Å². The fourth-order valence-corrected chi connectivity index (χ4v) is 1.63. The summed E-state index contributed by atoms with van der Waals surface area (Å²) in [6, 6.07) is 10.2. The van der Waals surface area contributed by atoms with E-state index in [1.807, 2.05) is 6.07 Å². The van der Waals surface area contributed by atoms with E-state index in [9.17, 15) is 9.59 Å². The molecule has 0 spiro atoms. The largest absolute Gasteiger partial charge is 0.347 e. The van der Waals surface area contributed by atoms with E-state index in [4.69, 9.17) is 5.26 Å². The maximum absolute atomic E-state index is 11.7. The molecule has 1 heterocycles. The Kier molecular flexibility index (Phi) is 4.24. The molecule has 0 fully saturated rings. The molecule has 100 valence electrons. The van der Waals surface area contributed by atoms with Gasteiger partial charge in [-0.2, -0.15) is 5.26 Å². The SMILES string of the molecule is N#Cc1ccc(NC(=O)CCn2cccnc2=O)cc1. The number of rotatable bonds is 4. The number of nitrogens with one attached hydrogen (secondary N) is 1. The van der Waals surface area contributed by atoms with Gasteiger partial charge in [0, 0.05) is 31.0 Å². The molecule has 6 nitrogen and oxygen atoms in total. The van der Waals surface area contributed by atoms with Crippen LogP contribution in [0.3, 0.4) is 0 Å². The number of nitriles is 1. The first-order valence-corrected chi connectivity index (χ1v) is 6.00. The molecule has 1 aromatic carbocycles. The van der Waals surface area contributed by atoms with Gasteiger partial charge in [0.2, 0.25) is 5.91 Å². The van der Waals surface area contributed by atoms with Gasteiger partial charge in [-0.25, -0.2) is 9.78 Å². The van der Waals surface area contributed by atoms with Gasteiger partial charge in [0.25, 0.3) is 0 Å². The number of anilines is 1. The van der Waals surface area contributed by atoms with Crippen LogP contribution in [-0.4, -0.2) is 15.5 Å². The van der Waals surface area contributed by atoms with Crippen molar-refractivity contribution in [2.45, 2.75) is 13.0 Å². The monoisotopic (exact) mass is 268 g/mol. The third-order valence-corrected chi connectivity index (χ3v) is 2.66. The number of hydrogen-bond acceptors (Lipinski definition) is 4. The van der Waals surface area contributed by atoms with Crippen molar-refractivity contribution in [1.29, 1.82) is 5.26 Å². The Hall–Kier alpha value is -2.94. The summed E-state index contributed by atoms with van der Waals surface area (Å²) >= 11 is 0. The molecule has 2 aromatic rings. The van der Waals surface area contributed by atoms with E-state index in [1.54, 1.807) is 36.5 Å². The van der Waals surface area contributed by atoms with Crippen LogP contribution < -0.4 is 11.0 Å². The highest BCUT2D eigenvalue weighted by Crippen LogP contribution is 2.09. The van der Waals surface area contributed by atoms with Crippen LogP contribution in [0, 0.1) is 11.3 Å². The van der Waals surface area contributed by atoms with Crippen LogP contribution in [0.5, 0.6) is 0 Å². The molecule has 0 radical (unpaired) electrons. The molecule has 0 aliphatic carbocycles. The van der Waals surface area contributed by atoms with Gasteiger partial charge in [0.15, 0.2) is 0 Å². The van der Waals surface area contributed by atoms with Crippen LogP contribution in [0.15, 0.2) is 47.5 Å². The summed E-state index contributed by atoms with van der Waals surface area (Å²) < 4.78 is 1.37. The zero-order valence-corrected chi connectivity index (χ0v) is 10.6. The van der Waals surface area contributed by atoms with E-state index in [-0.39, 0.29) is 24.6 Å². The molecule has 1 aromatic heterocycles. The van der Waals surface area contributed by atoms with Crippen molar-refractivity contribution < 1.29 is 4.79 Å². The Labute approximate surface area is 115 Å². The lowest BCUT2D eigenvalue weighted by molar-refractivity contribution is -0.116. The zero-order valence-electron chi connectivity index (χ0n) is 10.6. The van der Waals surface area contributed by atoms with Crippen LogP contribution in [0.25, 0.3) is 0 Å². The van der Waals surface area contributed by atoms with Crippen molar-refractivity contribution >= 4 is 11.6 Å². The second kappa shape index (κ2) is 6.29. The fourth-order valence-electron chi connectivity index (χ4n) is 1.63. The molecule has 0 atom stereocenters. The lowest BCUT2D eigenvalue weighted by atomic mass is 10.2. The van der Waals surface area contributed by atoms with Gasteiger partial charge in [-0.15, -0.1) is 0 Å². The summed E-state index contributed by atoms with van der Waals surface area (Å²) in [6.45, 7) is 0.273. The maximum atomic E-state index is 11.7. The number of aromatic nitrogens is 2. The smallest absolute Gasteiger partial charge is 0.326 e. The highest BCUT2D eigenvalue weighted by Gasteiger charge is 2.04. The van der Waals surface area contributed by atoms with Gasteiger partial charge in [-0.05, 0) is 30.3 Å². The van der Waals surface area contributed by atoms with Crippen LogP contribution in [0.2, 0.25) is 0 Å². The zero-order chi connectivity index (χ0) is 14.4. The van der Waals surface area contributed by atoms with E-state index in [1.165, 1.54) is 10.8 Å². The van der Waals surface area contributed by atoms with Crippen LogP contribution in [0.4, 0.5) is 5.69 Å². The van der Waals surface area contributed by atoms with Crippen LogP contribution >= 0.6 is 0 Å².